The van der Waals surface area contributed by atoms with E-state index in [4.69, 9.17) is 15.6 Å². The van der Waals surface area contributed by atoms with Crippen LogP contribution in [0.5, 0.6) is 0 Å². The van der Waals surface area contributed by atoms with Crippen LogP contribution in [0.2, 0.25) is 0 Å². The highest BCUT2D eigenvalue weighted by Crippen LogP contribution is 2.40. The Kier molecular flexibility index (Phi) is 13.9. The van der Waals surface area contributed by atoms with Gasteiger partial charge in [0.1, 0.15) is 12.1 Å². The number of amides is 1. The average molecular weight is 599 g/mol. The summed E-state index contributed by atoms with van der Waals surface area (Å²) in [5.41, 5.74) is 7.51. The Bertz CT molecular complexity index is 1160. The second-order valence-corrected chi connectivity index (χ2v) is 11.5. The molecule has 0 spiro atoms. The van der Waals surface area contributed by atoms with Gasteiger partial charge in [-0.2, -0.15) is 0 Å². The number of benzene rings is 1. The first kappa shape index (κ1) is 34.0. The van der Waals surface area contributed by atoms with Crippen molar-refractivity contribution < 1.29 is 34.4 Å². The SMILES string of the molecule is CC(N)C(=O)NC(Cc1cnc[nH]1)C(=O)O[C@@H]1C[C@H](O)[C@H](C/C=C\CCCC(=O)O)[C@H]1CCC(O)CCc1ccccc1. The van der Waals surface area contributed by atoms with Gasteiger partial charge in [-0.05, 0) is 63.4 Å². The van der Waals surface area contributed by atoms with E-state index in [1.807, 2.05) is 42.5 Å². The van der Waals surface area contributed by atoms with E-state index in [1.165, 1.54) is 13.3 Å². The number of nitrogens with one attached hydrogen (secondary N) is 2. The number of carbonyl (C=O) groups excluding carboxylic acids is 2. The first-order chi connectivity index (χ1) is 20.6. The van der Waals surface area contributed by atoms with E-state index in [0.29, 0.717) is 44.2 Å². The standard InChI is InChI=1S/C32H46N4O7/c1-21(33)31(41)36-27(17-23-19-34-20-35-23)32(42)43-29-18-28(38)25(11-7-2-3-8-12-30(39)40)26(29)16-15-24(37)14-13-22-9-5-4-6-10-22/h2,4-7,9-10,19-21,24-29,37-38H,3,8,11-18,33H2,1H3,(H,34,35)(H,36,41)(H,39,40)/b7-2-/t21?,24?,25-,26-,27?,28+,29-/m1/s1. The molecule has 7 N–H and O–H groups in total. The van der Waals surface area contributed by atoms with E-state index in [2.05, 4.69) is 15.3 Å². The van der Waals surface area contributed by atoms with Crippen LogP contribution in [0.25, 0.3) is 0 Å². The molecule has 1 amide bonds. The number of aromatic nitrogens is 2. The number of nitrogens with zero attached hydrogens (tertiary/aromatic N) is 1. The number of hydrogen-bond acceptors (Lipinski definition) is 8. The number of carboxylic acids is 1. The van der Waals surface area contributed by atoms with Crippen molar-refractivity contribution in [3.8, 4) is 0 Å². The molecule has 3 rings (SSSR count). The third-order valence-electron chi connectivity index (χ3n) is 8.04. The number of esters is 1. The zero-order chi connectivity index (χ0) is 31.2. The van der Waals surface area contributed by atoms with Crippen LogP contribution in [0.4, 0.5) is 0 Å². The van der Waals surface area contributed by atoms with Crippen LogP contribution in [0, 0.1) is 11.8 Å². The summed E-state index contributed by atoms with van der Waals surface area (Å²) in [7, 11) is 0. The van der Waals surface area contributed by atoms with Gasteiger partial charge in [-0.25, -0.2) is 9.78 Å². The molecule has 1 aliphatic carbocycles. The number of carbonyl (C=O) groups is 3. The monoisotopic (exact) mass is 598 g/mol. The summed E-state index contributed by atoms with van der Waals surface area (Å²) in [5.74, 6) is -2.37. The van der Waals surface area contributed by atoms with E-state index >= 15 is 0 Å². The van der Waals surface area contributed by atoms with Crippen molar-refractivity contribution in [2.24, 2.45) is 17.6 Å². The fourth-order valence-corrected chi connectivity index (χ4v) is 5.61. The molecule has 0 aliphatic heterocycles. The van der Waals surface area contributed by atoms with Crippen molar-refractivity contribution in [3.05, 3.63) is 66.3 Å². The number of allylic oxidation sites excluding steroid dienone is 2. The van der Waals surface area contributed by atoms with Gasteiger partial charge in [0.15, 0.2) is 0 Å². The minimum atomic E-state index is -0.999. The van der Waals surface area contributed by atoms with Gasteiger partial charge in [0, 0.05) is 37.1 Å². The summed E-state index contributed by atoms with van der Waals surface area (Å²) in [6.07, 6.45) is 9.54. The Balaban J connectivity index is 1.68. The number of aliphatic hydroxyl groups is 2. The summed E-state index contributed by atoms with van der Waals surface area (Å²) in [5, 5.41) is 33.3. The number of imidazole rings is 1. The van der Waals surface area contributed by atoms with Crippen LogP contribution in [-0.2, 0) is 32.0 Å². The Labute approximate surface area is 252 Å². The minimum Gasteiger partial charge on any atom is -0.481 e. The molecule has 3 unspecified atom stereocenters. The number of aliphatic carboxylic acids is 1. The highest BCUT2D eigenvalue weighted by atomic mass is 16.5. The van der Waals surface area contributed by atoms with Crippen LogP contribution < -0.4 is 11.1 Å². The lowest BCUT2D eigenvalue weighted by Gasteiger charge is -2.27. The number of nitrogens with two attached hydrogens (primary N) is 1. The van der Waals surface area contributed by atoms with Crippen LogP contribution in [-0.4, -0.2) is 73.5 Å². The molecule has 43 heavy (non-hydrogen) atoms. The molecule has 0 radical (unpaired) electrons. The highest BCUT2D eigenvalue weighted by Gasteiger charge is 2.44. The van der Waals surface area contributed by atoms with Crippen LogP contribution in [0.3, 0.4) is 0 Å². The molecule has 2 aromatic rings. The smallest absolute Gasteiger partial charge is 0.329 e. The molecule has 0 saturated heterocycles. The highest BCUT2D eigenvalue weighted by molar-refractivity contribution is 5.87. The minimum absolute atomic E-state index is 0.0943. The first-order valence-electron chi connectivity index (χ1n) is 15.1. The zero-order valence-electron chi connectivity index (χ0n) is 24.8. The number of aliphatic hydroxyl groups excluding tert-OH is 2. The lowest BCUT2D eigenvalue weighted by Crippen LogP contribution is -2.49. The van der Waals surface area contributed by atoms with Crippen molar-refractivity contribution in [3.63, 3.8) is 0 Å². The Morgan fingerprint density at radius 2 is 1.95 bits per heavy atom. The molecular formula is C32H46N4O7. The van der Waals surface area contributed by atoms with Crippen molar-refractivity contribution in [1.82, 2.24) is 15.3 Å². The molecule has 1 aromatic heterocycles. The van der Waals surface area contributed by atoms with Crippen molar-refractivity contribution >= 4 is 17.8 Å². The average Bonchev–Trinajstić information content (AvgIpc) is 3.59. The fourth-order valence-electron chi connectivity index (χ4n) is 5.61. The van der Waals surface area contributed by atoms with Gasteiger partial charge in [-0.1, -0.05) is 42.5 Å². The van der Waals surface area contributed by atoms with Gasteiger partial charge in [-0.15, -0.1) is 0 Å². The number of unbranched alkanes of at least 4 members (excludes halogenated alkanes) is 1. The molecule has 1 aromatic carbocycles. The van der Waals surface area contributed by atoms with Crippen molar-refractivity contribution in [2.75, 3.05) is 0 Å². The molecule has 0 bridgehead atoms. The number of rotatable bonds is 18. The van der Waals surface area contributed by atoms with E-state index in [9.17, 15) is 24.6 Å². The van der Waals surface area contributed by atoms with Gasteiger partial charge in [-0.3, -0.25) is 9.59 Å². The second kappa shape index (κ2) is 17.5. The summed E-state index contributed by atoms with van der Waals surface area (Å²) < 4.78 is 5.99. The van der Waals surface area contributed by atoms with Gasteiger partial charge >= 0.3 is 11.9 Å². The predicted molar refractivity (Wildman–Crippen MR) is 161 cm³/mol. The maximum absolute atomic E-state index is 13.4. The third kappa shape index (κ3) is 11.6. The molecule has 236 valence electrons. The normalized spacial score (nSPS) is 22.2. The van der Waals surface area contributed by atoms with Gasteiger partial charge in [0.25, 0.3) is 0 Å². The van der Waals surface area contributed by atoms with Gasteiger partial charge in [0.05, 0.1) is 24.6 Å². The van der Waals surface area contributed by atoms with Crippen LogP contribution in [0.15, 0.2) is 55.0 Å². The number of hydrogen-bond donors (Lipinski definition) is 6. The second-order valence-electron chi connectivity index (χ2n) is 11.5. The molecule has 1 aliphatic rings. The van der Waals surface area contributed by atoms with E-state index in [-0.39, 0.29) is 31.1 Å². The summed E-state index contributed by atoms with van der Waals surface area (Å²) >= 11 is 0. The quantitative estimate of drug-likeness (QED) is 0.0852. The summed E-state index contributed by atoms with van der Waals surface area (Å²) in [6.45, 7) is 1.53. The van der Waals surface area contributed by atoms with E-state index < -0.39 is 48.2 Å². The van der Waals surface area contributed by atoms with Crippen LogP contribution >= 0.6 is 0 Å². The molecule has 11 heteroatoms. The largest absolute Gasteiger partial charge is 0.481 e. The lowest BCUT2D eigenvalue weighted by molar-refractivity contribution is -0.155. The Hall–Kier alpha value is -3.54. The maximum Gasteiger partial charge on any atom is 0.329 e. The molecular weight excluding hydrogens is 552 g/mol. The zero-order valence-corrected chi connectivity index (χ0v) is 24.8. The van der Waals surface area contributed by atoms with Gasteiger partial charge < -0.3 is 36.1 Å². The number of aromatic amines is 1. The maximum atomic E-state index is 13.4. The topological polar surface area (TPSA) is 188 Å². The third-order valence-corrected chi connectivity index (χ3v) is 8.04. The summed E-state index contributed by atoms with van der Waals surface area (Å²) in [6, 6.07) is 8.13. The Morgan fingerprint density at radius 1 is 1.19 bits per heavy atom. The fraction of sp³-hybridized carbons (Fsp3) is 0.562. The van der Waals surface area contributed by atoms with Crippen molar-refractivity contribution in [2.45, 2.75) is 102 Å². The van der Waals surface area contributed by atoms with Crippen molar-refractivity contribution in [1.29, 1.82) is 0 Å². The summed E-state index contributed by atoms with van der Waals surface area (Å²) in [4.78, 5) is 43.5. The number of carboxylic acid groups (broad SMARTS) is 1. The number of aryl methyl sites for hydroxylation is 1. The first-order valence-corrected chi connectivity index (χ1v) is 15.1. The number of ether oxygens (including phenoxy) is 1. The van der Waals surface area contributed by atoms with Crippen LogP contribution in [0.1, 0.15) is 69.5 Å². The molecule has 1 fully saturated rings. The molecule has 1 saturated carbocycles. The van der Waals surface area contributed by atoms with Gasteiger partial charge in [0.2, 0.25) is 5.91 Å². The van der Waals surface area contributed by atoms with E-state index in [1.54, 1.807) is 6.20 Å². The molecule has 1 heterocycles. The predicted octanol–water partition coefficient (Wildman–Crippen LogP) is 2.67. The Morgan fingerprint density at radius 3 is 2.63 bits per heavy atom. The number of H-pyrrole nitrogens is 1. The molecule has 7 atom stereocenters. The van der Waals surface area contributed by atoms with E-state index in [0.717, 1.165) is 12.0 Å². The molecule has 11 nitrogen and oxygen atoms in total. The lowest BCUT2D eigenvalue weighted by atomic mass is 9.85.